The quantitative estimate of drug-likeness (QED) is 0.879. The van der Waals surface area contributed by atoms with E-state index in [0.29, 0.717) is 17.2 Å². The molecule has 2 rings (SSSR count). The predicted octanol–water partition coefficient (Wildman–Crippen LogP) is 4.50. The number of rotatable bonds is 4. The zero-order valence-corrected chi connectivity index (χ0v) is 10.9. The van der Waals surface area contributed by atoms with Crippen LogP contribution in [-0.4, -0.2) is 11.7 Å². The van der Waals surface area contributed by atoms with Gasteiger partial charge in [-0.25, -0.2) is 0 Å². The minimum atomic E-state index is 0.201. The van der Waals surface area contributed by atoms with Gasteiger partial charge in [0.2, 0.25) is 0 Å². The number of aromatic hydroxyl groups is 1. The van der Waals surface area contributed by atoms with Crippen LogP contribution in [0.15, 0.2) is 42.5 Å². The molecule has 0 spiro atoms. The molecule has 0 saturated heterocycles. The van der Waals surface area contributed by atoms with E-state index >= 15 is 0 Å². The van der Waals surface area contributed by atoms with Crippen LogP contribution in [0.5, 0.6) is 11.5 Å². The molecule has 0 radical (unpaired) electrons. The summed E-state index contributed by atoms with van der Waals surface area (Å²) < 4.78 is 5.68. The average Bonchev–Trinajstić information content (AvgIpc) is 2.39. The number of halogens is 1. The molecule has 2 aromatic carbocycles. The van der Waals surface area contributed by atoms with E-state index in [1.165, 1.54) is 0 Å². The van der Waals surface area contributed by atoms with Crippen LogP contribution in [0.4, 0.5) is 0 Å². The molecule has 0 aliphatic rings. The first-order valence-corrected chi connectivity index (χ1v) is 6.31. The molecule has 0 aliphatic heterocycles. The van der Waals surface area contributed by atoms with Gasteiger partial charge in [-0.3, -0.25) is 0 Å². The molecule has 0 aliphatic carbocycles. The molecule has 0 atom stereocenters. The molecule has 1 N–H and O–H groups in total. The molecule has 0 amide bonds. The summed E-state index contributed by atoms with van der Waals surface area (Å²) in [6.07, 6.45) is 0.940. The van der Waals surface area contributed by atoms with Crippen LogP contribution in [0, 0.1) is 0 Å². The van der Waals surface area contributed by atoms with Crippen molar-refractivity contribution in [2.24, 2.45) is 0 Å². The molecule has 18 heavy (non-hydrogen) atoms. The summed E-state index contributed by atoms with van der Waals surface area (Å²) in [6.45, 7) is 2.71. The maximum Gasteiger partial charge on any atom is 0.127 e. The predicted molar refractivity (Wildman–Crippen MR) is 74.3 cm³/mol. The van der Waals surface area contributed by atoms with E-state index in [1.807, 2.05) is 24.3 Å². The fraction of sp³-hybridized carbons (Fsp3) is 0.200. The van der Waals surface area contributed by atoms with E-state index < -0.39 is 0 Å². The zero-order valence-electron chi connectivity index (χ0n) is 10.2. The molecular formula is C15H15ClO2. The van der Waals surface area contributed by atoms with Crippen molar-refractivity contribution >= 4 is 11.6 Å². The fourth-order valence-corrected chi connectivity index (χ4v) is 1.92. The maximum atomic E-state index is 9.92. The monoisotopic (exact) mass is 262 g/mol. The van der Waals surface area contributed by atoms with Crippen molar-refractivity contribution in [1.82, 2.24) is 0 Å². The molecule has 2 aromatic rings. The minimum Gasteiger partial charge on any atom is -0.507 e. The van der Waals surface area contributed by atoms with E-state index in [0.717, 1.165) is 17.7 Å². The molecule has 3 heteroatoms. The lowest BCUT2D eigenvalue weighted by Crippen LogP contribution is -1.96. The van der Waals surface area contributed by atoms with Gasteiger partial charge < -0.3 is 9.84 Å². The van der Waals surface area contributed by atoms with E-state index in [2.05, 4.69) is 6.92 Å². The standard InChI is InChI=1S/C15H15ClO2/c1-2-9-18-15-6-4-3-5-12(15)13-10-11(16)7-8-14(13)17/h3-8,10,17H,2,9H2,1H3. The summed E-state index contributed by atoms with van der Waals surface area (Å²) in [5.41, 5.74) is 1.54. The van der Waals surface area contributed by atoms with Crippen LogP contribution in [-0.2, 0) is 0 Å². The molecule has 0 unspecified atom stereocenters. The first-order chi connectivity index (χ1) is 8.72. The van der Waals surface area contributed by atoms with Gasteiger partial charge in [0.05, 0.1) is 6.61 Å². The van der Waals surface area contributed by atoms with E-state index in [4.69, 9.17) is 16.3 Å². The van der Waals surface area contributed by atoms with Crippen LogP contribution in [0.1, 0.15) is 13.3 Å². The highest BCUT2D eigenvalue weighted by Crippen LogP contribution is 2.37. The lowest BCUT2D eigenvalue weighted by atomic mass is 10.0. The van der Waals surface area contributed by atoms with Crippen LogP contribution in [0.25, 0.3) is 11.1 Å². The summed E-state index contributed by atoms with van der Waals surface area (Å²) in [4.78, 5) is 0. The molecule has 94 valence electrons. The minimum absolute atomic E-state index is 0.201. The van der Waals surface area contributed by atoms with Crippen molar-refractivity contribution in [3.05, 3.63) is 47.5 Å². The number of para-hydroxylation sites is 1. The van der Waals surface area contributed by atoms with Gasteiger partial charge in [0, 0.05) is 16.1 Å². The lowest BCUT2D eigenvalue weighted by Gasteiger charge is -2.12. The molecule has 0 bridgehead atoms. The third-order valence-corrected chi connectivity index (χ3v) is 2.83. The van der Waals surface area contributed by atoms with Crippen molar-refractivity contribution in [2.45, 2.75) is 13.3 Å². The highest BCUT2D eigenvalue weighted by Gasteiger charge is 2.10. The van der Waals surface area contributed by atoms with Gasteiger partial charge in [-0.15, -0.1) is 0 Å². The number of phenols is 1. The Bertz CT molecular complexity index is 538. The van der Waals surface area contributed by atoms with Crippen LogP contribution < -0.4 is 4.74 Å². The van der Waals surface area contributed by atoms with Crippen molar-refractivity contribution < 1.29 is 9.84 Å². The number of phenolic OH excluding ortho intramolecular Hbond substituents is 1. The summed E-state index contributed by atoms with van der Waals surface area (Å²) in [5.74, 6) is 0.962. The van der Waals surface area contributed by atoms with Crippen molar-refractivity contribution in [2.75, 3.05) is 6.61 Å². The summed E-state index contributed by atoms with van der Waals surface area (Å²) in [5, 5.41) is 10.5. The molecule has 2 nitrogen and oxygen atoms in total. The third kappa shape index (κ3) is 2.77. The Balaban J connectivity index is 2.46. The van der Waals surface area contributed by atoms with Crippen LogP contribution in [0.2, 0.25) is 5.02 Å². The smallest absolute Gasteiger partial charge is 0.127 e. The van der Waals surface area contributed by atoms with Crippen molar-refractivity contribution in [3.63, 3.8) is 0 Å². The Morgan fingerprint density at radius 1 is 1.11 bits per heavy atom. The molecule has 0 aromatic heterocycles. The SMILES string of the molecule is CCCOc1ccccc1-c1cc(Cl)ccc1O. The van der Waals surface area contributed by atoms with Crippen molar-refractivity contribution in [1.29, 1.82) is 0 Å². The Morgan fingerprint density at radius 3 is 2.67 bits per heavy atom. The van der Waals surface area contributed by atoms with Gasteiger partial charge in [0.1, 0.15) is 11.5 Å². The summed E-state index contributed by atoms with van der Waals surface area (Å²) in [7, 11) is 0. The Hall–Kier alpha value is -1.67. The maximum absolute atomic E-state index is 9.92. The topological polar surface area (TPSA) is 29.5 Å². The first-order valence-electron chi connectivity index (χ1n) is 5.93. The van der Waals surface area contributed by atoms with Crippen molar-refractivity contribution in [3.8, 4) is 22.6 Å². The van der Waals surface area contributed by atoms with E-state index in [1.54, 1.807) is 18.2 Å². The zero-order chi connectivity index (χ0) is 13.0. The summed E-state index contributed by atoms with van der Waals surface area (Å²) in [6, 6.07) is 12.6. The highest BCUT2D eigenvalue weighted by molar-refractivity contribution is 6.31. The second-order valence-electron chi connectivity index (χ2n) is 4.01. The average molecular weight is 263 g/mol. The molecular weight excluding hydrogens is 248 g/mol. The van der Waals surface area contributed by atoms with Crippen LogP contribution in [0.3, 0.4) is 0 Å². The Morgan fingerprint density at radius 2 is 1.89 bits per heavy atom. The molecule has 0 fully saturated rings. The number of hydrogen-bond donors (Lipinski definition) is 1. The Labute approximate surface area is 112 Å². The largest absolute Gasteiger partial charge is 0.507 e. The first kappa shape index (κ1) is 12.8. The Kier molecular flexibility index (Phi) is 4.11. The van der Waals surface area contributed by atoms with Gasteiger partial charge in [0.15, 0.2) is 0 Å². The van der Waals surface area contributed by atoms with Gasteiger partial charge in [-0.2, -0.15) is 0 Å². The van der Waals surface area contributed by atoms with E-state index in [-0.39, 0.29) is 5.75 Å². The second kappa shape index (κ2) is 5.78. The number of ether oxygens (including phenoxy) is 1. The molecule has 0 saturated carbocycles. The molecule has 0 heterocycles. The highest BCUT2D eigenvalue weighted by atomic mass is 35.5. The van der Waals surface area contributed by atoms with Gasteiger partial charge in [-0.1, -0.05) is 36.7 Å². The number of benzene rings is 2. The lowest BCUT2D eigenvalue weighted by molar-refractivity contribution is 0.318. The second-order valence-corrected chi connectivity index (χ2v) is 4.44. The van der Waals surface area contributed by atoms with Gasteiger partial charge >= 0.3 is 0 Å². The van der Waals surface area contributed by atoms with Gasteiger partial charge in [0.25, 0.3) is 0 Å². The number of hydrogen-bond acceptors (Lipinski definition) is 2. The fourth-order valence-electron chi connectivity index (χ4n) is 1.75. The summed E-state index contributed by atoms with van der Waals surface area (Å²) >= 11 is 5.97. The third-order valence-electron chi connectivity index (χ3n) is 2.60. The van der Waals surface area contributed by atoms with Gasteiger partial charge in [-0.05, 0) is 30.7 Å². The van der Waals surface area contributed by atoms with E-state index in [9.17, 15) is 5.11 Å². The normalized spacial score (nSPS) is 10.3. The van der Waals surface area contributed by atoms with Crippen LogP contribution >= 0.6 is 11.6 Å².